The molecule has 6 nitrogen and oxygen atoms in total. The van der Waals surface area contributed by atoms with E-state index in [4.69, 9.17) is 5.73 Å². The second kappa shape index (κ2) is 5.22. The molecule has 21 heavy (non-hydrogen) atoms. The van der Waals surface area contributed by atoms with E-state index < -0.39 is 15.4 Å². The van der Waals surface area contributed by atoms with E-state index in [0.717, 1.165) is 0 Å². The van der Waals surface area contributed by atoms with Gasteiger partial charge in [0.25, 0.3) is 5.91 Å². The maximum atomic E-state index is 12.2. The van der Waals surface area contributed by atoms with E-state index in [-0.39, 0.29) is 17.4 Å². The van der Waals surface area contributed by atoms with E-state index in [1.54, 1.807) is 32.3 Å². The van der Waals surface area contributed by atoms with Crippen molar-refractivity contribution in [2.45, 2.75) is 18.9 Å². The van der Waals surface area contributed by atoms with Crippen LogP contribution in [0.5, 0.6) is 0 Å². The van der Waals surface area contributed by atoms with Gasteiger partial charge in [-0.15, -0.1) is 0 Å². The molecule has 0 bridgehead atoms. The van der Waals surface area contributed by atoms with Crippen LogP contribution in [0.3, 0.4) is 0 Å². The molecule has 7 heteroatoms. The summed E-state index contributed by atoms with van der Waals surface area (Å²) >= 11 is 0. The first-order chi connectivity index (χ1) is 9.62. The Labute approximate surface area is 125 Å². The summed E-state index contributed by atoms with van der Waals surface area (Å²) in [6.07, 6.45) is 0.514. The lowest BCUT2D eigenvalue weighted by Crippen LogP contribution is -2.37. The van der Waals surface area contributed by atoms with Gasteiger partial charge >= 0.3 is 0 Å². The minimum Gasteiger partial charge on any atom is -0.399 e. The first-order valence-corrected chi connectivity index (χ1v) is 8.54. The maximum Gasteiger partial charge on any atom is 0.255 e. The monoisotopic (exact) mass is 311 g/mol. The Morgan fingerprint density at radius 1 is 1.38 bits per heavy atom. The fourth-order valence-corrected chi connectivity index (χ4v) is 4.62. The highest BCUT2D eigenvalue weighted by Gasteiger charge is 2.38. The number of rotatable bonds is 3. The Kier molecular flexibility index (Phi) is 3.88. The number of nitrogens with zero attached hydrogens (tertiary/aromatic N) is 1. The van der Waals surface area contributed by atoms with Crippen molar-refractivity contribution >= 4 is 27.1 Å². The van der Waals surface area contributed by atoms with Crippen molar-refractivity contribution in [2.24, 2.45) is 0 Å². The van der Waals surface area contributed by atoms with Gasteiger partial charge in [0.15, 0.2) is 9.84 Å². The molecule has 0 aromatic heterocycles. The Morgan fingerprint density at radius 3 is 2.57 bits per heavy atom. The molecule has 1 atom stereocenters. The standard InChI is InChI=1S/C14H21N3O3S/c1-14(6-7-21(19,20)9-14)16-12-8-10(15)4-5-11(12)13(18)17(2)3/h4-5,8,16H,6-7,9,15H2,1-3H3. The van der Waals surface area contributed by atoms with Crippen molar-refractivity contribution < 1.29 is 13.2 Å². The van der Waals surface area contributed by atoms with Crippen LogP contribution >= 0.6 is 0 Å². The summed E-state index contributed by atoms with van der Waals surface area (Å²) < 4.78 is 23.4. The van der Waals surface area contributed by atoms with Gasteiger partial charge in [-0.05, 0) is 31.5 Å². The Bertz CT molecular complexity index is 670. The third-order valence-electron chi connectivity index (χ3n) is 3.62. The van der Waals surface area contributed by atoms with Crippen molar-refractivity contribution in [2.75, 3.05) is 36.7 Å². The topological polar surface area (TPSA) is 92.5 Å². The highest BCUT2D eigenvalue weighted by Crippen LogP contribution is 2.30. The number of hydrogen-bond acceptors (Lipinski definition) is 5. The zero-order chi connectivity index (χ0) is 15.8. The number of carbonyl (C=O) groups is 1. The number of benzene rings is 1. The number of nitrogens with one attached hydrogen (secondary N) is 1. The maximum absolute atomic E-state index is 12.2. The average Bonchev–Trinajstić information content (AvgIpc) is 2.62. The number of nitrogens with two attached hydrogens (primary N) is 1. The summed E-state index contributed by atoms with van der Waals surface area (Å²) in [4.78, 5) is 13.7. The van der Waals surface area contributed by atoms with Crippen molar-refractivity contribution in [3.8, 4) is 0 Å². The van der Waals surface area contributed by atoms with Crippen LogP contribution < -0.4 is 11.1 Å². The van der Waals surface area contributed by atoms with Crippen molar-refractivity contribution in [3.05, 3.63) is 23.8 Å². The fraction of sp³-hybridized carbons (Fsp3) is 0.500. The summed E-state index contributed by atoms with van der Waals surface area (Å²) in [6, 6.07) is 5.00. The number of sulfone groups is 1. The fourth-order valence-electron chi connectivity index (χ4n) is 2.53. The van der Waals surface area contributed by atoms with Crippen LogP contribution in [0.15, 0.2) is 18.2 Å². The predicted octanol–water partition coefficient (Wildman–Crippen LogP) is 0.960. The minimum atomic E-state index is -3.02. The van der Waals surface area contributed by atoms with Crippen molar-refractivity contribution in [1.29, 1.82) is 0 Å². The first-order valence-electron chi connectivity index (χ1n) is 6.72. The number of hydrogen-bond donors (Lipinski definition) is 2. The zero-order valence-corrected chi connectivity index (χ0v) is 13.3. The smallest absolute Gasteiger partial charge is 0.255 e. The number of anilines is 2. The molecule has 1 saturated heterocycles. The summed E-state index contributed by atoms with van der Waals surface area (Å²) in [5.41, 5.74) is 6.80. The van der Waals surface area contributed by atoms with E-state index in [1.165, 1.54) is 4.90 Å². The van der Waals surface area contributed by atoms with Crippen LogP contribution in [-0.4, -0.2) is 50.4 Å². The predicted molar refractivity (Wildman–Crippen MR) is 84.2 cm³/mol. The van der Waals surface area contributed by atoms with Gasteiger partial charge in [-0.2, -0.15) is 0 Å². The van der Waals surface area contributed by atoms with Gasteiger partial charge in [0.05, 0.1) is 17.1 Å². The lowest BCUT2D eigenvalue weighted by Gasteiger charge is -2.27. The number of carbonyl (C=O) groups excluding carboxylic acids is 1. The molecule has 0 aliphatic carbocycles. The van der Waals surface area contributed by atoms with E-state index in [0.29, 0.717) is 23.4 Å². The average molecular weight is 311 g/mol. The molecule has 0 spiro atoms. The van der Waals surface area contributed by atoms with Gasteiger partial charge in [-0.1, -0.05) is 0 Å². The molecule has 1 unspecified atom stereocenters. The second-order valence-corrected chi connectivity index (χ2v) is 8.22. The van der Waals surface area contributed by atoms with Crippen LogP contribution in [-0.2, 0) is 9.84 Å². The van der Waals surface area contributed by atoms with Gasteiger partial charge in [0, 0.05) is 31.0 Å². The molecule has 0 saturated carbocycles. The van der Waals surface area contributed by atoms with Crippen LogP contribution in [0.4, 0.5) is 11.4 Å². The molecular weight excluding hydrogens is 290 g/mol. The molecular formula is C14H21N3O3S. The lowest BCUT2D eigenvalue weighted by molar-refractivity contribution is 0.0828. The molecule has 1 aromatic rings. The molecule has 116 valence electrons. The SMILES string of the molecule is CN(C)C(=O)c1ccc(N)cc1NC1(C)CCS(=O)(=O)C1. The molecule has 2 rings (SSSR count). The zero-order valence-electron chi connectivity index (χ0n) is 12.5. The molecule has 3 N–H and O–H groups in total. The number of amides is 1. The third kappa shape index (κ3) is 3.47. The molecule has 1 aliphatic rings. The van der Waals surface area contributed by atoms with Gasteiger partial charge < -0.3 is 16.0 Å². The lowest BCUT2D eigenvalue weighted by atomic mass is 10.00. The summed E-state index contributed by atoms with van der Waals surface area (Å²) in [5, 5.41) is 3.21. The van der Waals surface area contributed by atoms with E-state index in [1.807, 2.05) is 6.92 Å². The Balaban J connectivity index is 2.35. The first kappa shape index (κ1) is 15.6. The molecule has 1 aliphatic heterocycles. The molecule has 1 heterocycles. The van der Waals surface area contributed by atoms with Gasteiger partial charge in [0.2, 0.25) is 0 Å². The molecule has 1 fully saturated rings. The van der Waals surface area contributed by atoms with Gasteiger partial charge in [-0.3, -0.25) is 4.79 Å². The van der Waals surface area contributed by atoms with Crippen LogP contribution in [0.25, 0.3) is 0 Å². The quantitative estimate of drug-likeness (QED) is 0.811. The van der Waals surface area contributed by atoms with Crippen molar-refractivity contribution in [3.63, 3.8) is 0 Å². The van der Waals surface area contributed by atoms with Gasteiger partial charge in [-0.25, -0.2) is 8.42 Å². The van der Waals surface area contributed by atoms with Crippen LogP contribution in [0, 0.1) is 0 Å². The van der Waals surface area contributed by atoms with Crippen LogP contribution in [0.2, 0.25) is 0 Å². The summed E-state index contributed by atoms with van der Waals surface area (Å²) in [6.45, 7) is 1.85. The highest BCUT2D eigenvalue weighted by molar-refractivity contribution is 7.91. The molecule has 1 amide bonds. The Hall–Kier alpha value is -1.76. The summed E-state index contributed by atoms with van der Waals surface area (Å²) in [7, 11) is 0.319. The highest BCUT2D eigenvalue weighted by atomic mass is 32.2. The van der Waals surface area contributed by atoms with E-state index in [9.17, 15) is 13.2 Å². The largest absolute Gasteiger partial charge is 0.399 e. The van der Waals surface area contributed by atoms with Crippen LogP contribution in [0.1, 0.15) is 23.7 Å². The van der Waals surface area contributed by atoms with Gasteiger partial charge in [0.1, 0.15) is 0 Å². The Morgan fingerprint density at radius 2 is 2.05 bits per heavy atom. The normalized spacial score (nSPS) is 23.8. The molecule has 0 radical (unpaired) electrons. The summed E-state index contributed by atoms with van der Waals surface area (Å²) in [5.74, 6) is 0.0714. The number of nitrogen functional groups attached to an aromatic ring is 1. The second-order valence-electron chi connectivity index (χ2n) is 6.03. The van der Waals surface area contributed by atoms with E-state index in [2.05, 4.69) is 5.32 Å². The van der Waals surface area contributed by atoms with E-state index >= 15 is 0 Å². The van der Waals surface area contributed by atoms with Crippen molar-refractivity contribution in [1.82, 2.24) is 4.90 Å². The third-order valence-corrected chi connectivity index (χ3v) is 5.52. The molecule has 1 aromatic carbocycles. The minimum absolute atomic E-state index is 0.0599.